The second-order valence-corrected chi connectivity index (χ2v) is 10.0. The maximum absolute atomic E-state index is 5.81. The Kier molecular flexibility index (Phi) is 4.15. The van der Waals surface area contributed by atoms with Crippen molar-refractivity contribution in [1.82, 2.24) is 0 Å². The van der Waals surface area contributed by atoms with Gasteiger partial charge in [-0.15, -0.1) is 0 Å². The third kappa shape index (κ3) is 3.63. The molecule has 1 nitrogen and oxygen atoms in total. The van der Waals surface area contributed by atoms with Crippen molar-refractivity contribution in [2.45, 2.75) is 44.7 Å². The molecule has 0 rings (SSSR count). The number of hydrogen-bond acceptors (Lipinski definition) is 2. The lowest BCUT2D eigenvalue weighted by Crippen LogP contribution is -2.49. The molecule has 11 heavy (non-hydrogen) atoms. The van der Waals surface area contributed by atoms with E-state index in [9.17, 15) is 0 Å². The molecule has 0 radical (unpaired) electrons. The van der Waals surface area contributed by atoms with Crippen LogP contribution in [0.15, 0.2) is 0 Å². The number of hydrogen-bond donors (Lipinski definition) is 1. The summed E-state index contributed by atoms with van der Waals surface area (Å²) in [6.07, 6.45) is 1.10. The quantitative estimate of drug-likeness (QED) is 0.532. The minimum atomic E-state index is -1.56. The second-order valence-electron chi connectivity index (χ2n) is 3.92. The Hall–Kier alpha value is 0.527. The van der Waals surface area contributed by atoms with E-state index in [1.807, 2.05) is 0 Å². The van der Waals surface area contributed by atoms with Crippen LogP contribution in [0.4, 0.5) is 0 Å². The molecular weight excluding hydrogens is 172 g/mol. The molecule has 0 aliphatic carbocycles. The Balaban J connectivity index is 4.00. The van der Waals surface area contributed by atoms with E-state index in [2.05, 4.69) is 46.5 Å². The van der Waals surface area contributed by atoms with E-state index < -0.39 is 8.32 Å². The molecule has 0 spiro atoms. The minimum Gasteiger partial charge on any atom is -0.416 e. The second kappa shape index (κ2) is 3.96. The molecule has 0 aromatic carbocycles. The van der Waals surface area contributed by atoms with Gasteiger partial charge in [0.1, 0.15) is 0 Å². The predicted molar refractivity (Wildman–Crippen MR) is 56.8 cm³/mol. The van der Waals surface area contributed by atoms with Gasteiger partial charge >= 0.3 is 0 Å². The lowest BCUT2D eigenvalue weighted by atomic mass is 10.5. The van der Waals surface area contributed by atoms with E-state index in [1.54, 1.807) is 0 Å². The largest absolute Gasteiger partial charge is 0.416 e. The zero-order valence-corrected chi connectivity index (χ0v) is 10.2. The van der Waals surface area contributed by atoms with Crippen molar-refractivity contribution in [1.29, 1.82) is 0 Å². The fourth-order valence-corrected chi connectivity index (χ4v) is 1.80. The highest BCUT2D eigenvalue weighted by atomic mass is 32.1. The molecule has 0 saturated carbocycles. The van der Waals surface area contributed by atoms with Crippen LogP contribution in [0.3, 0.4) is 0 Å². The topological polar surface area (TPSA) is 9.23 Å². The molecule has 3 heteroatoms. The van der Waals surface area contributed by atoms with Gasteiger partial charge < -0.3 is 4.43 Å². The highest BCUT2D eigenvalue weighted by Crippen LogP contribution is 2.27. The molecule has 0 aromatic rings. The highest BCUT2D eigenvalue weighted by molar-refractivity contribution is 7.84. The predicted octanol–water partition coefficient (Wildman–Crippen LogP) is 2.87. The van der Waals surface area contributed by atoms with E-state index in [-0.39, 0.29) is 4.37 Å². The van der Waals surface area contributed by atoms with Gasteiger partial charge in [0.05, 0.1) is 0 Å². The SMILES string of the molecule is CCCO[Si](C)(C)C(C)(C)S. The fraction of sp³-hybridized carbons (Fsp3) is 1.00. The first-order chi connectivity index (χ1) is 4.81. The van der Waals surface area contributed by atoms with Gasteiger partial charge in [0.15, 0.2) is 0 Å². The van der Waals surface area contributed by atoms with Crippen LogP contribution in [-0.4, -0.2) is 19.3 Å². The molecule has 0 atom stereocenters. The molecule has 0 bridgehead atoms. The molecule has 68 valence electrons. The molecule has 0 unspecified atom stereocenters. The van der Waals surface area contributed by atoms with Crippen LogP contribution in [0.2, 0.25) is 13.1 Å². The van der Waals surface area contributed by atoms with Crippen LogP contribution < -0.4 is 0 Å². The zero-order chi connectivity index (χ0) is 9.12. The molecule has 0 N–H and O–H groups in total. The average molecular weight is 192 g/mol. The highest BCUT2D eigenvalue weighted by Gasteiger charge is 2.37. The summed E-state index contributed by atoms with van der Waals surface area (Å²) in [7, 11) is -1.56. The van der Waals surface area contributed by atoms with Crippen LogP contribution >= 0.6 is 12.6 Å². The van der Waals surface area contributed by atoms with Crippen molar-refractivity contribution in [2.24, 2.45) is 0 Å². The van der Waals surface area contributed by atoms with Gasteiger partial charge in [-0.2, -0.15) is 12.6 Å². The summed E-state index contributed by atoms with van der Waals surface area (Å²) in [5, 5.41) is 0. The van der Waals surface area contributed by atoms with Gasteiger partial charge in [-0.05, 0) is 19.5 Å². The smallest absolute Gasteiger partial charge is 0.201 e. The van der Waals surface area contributed by atoms with Crippen molar-refractivity contribution < 1.29 is 4.43 Å². The van der Waals surface area contributed by atoms with Crippen LogP contribution in [0.1, 0.15) is 27.2 Å². The first kappa shape index (κ1) is 11.5. The maximum atomic E-state index is 5.81. The first-order valence-corrected chi connectivity index (χ1v) is 7.53. The van der Waals surface area contributed by atoms with Gasteiger partial charge in [0, 0.05) is 11.0 Å². The lowest BCUT2D eigenvalue weighted by Gasteiger charge is -2.35. The Labute approximate surface area is 77.1 Å². The molecule has 0 heterocycles. The van der Waals surface area contributed by atoms with Gasteiger partial charge in [-0.3, -0.25) is 0 Å². The Bertz CT molecular complexity index is 118. The lowest BCUT2D eigenvalue weighted by molar-refractivity contribution is 0.299. The summed E-state index contributed by atoms with van der Waals surface area (Å²) < 4.78 is 5.86. The molecule has 0 aliphatic heterocycles. The van der Waals surface area contributed by atoms with Crippen molar-refractivity contribution in [2.75, 3.05) is 6.61 Å². The Morgan fingerprint density at radius 2 is 1.82 bits per heavy atom. The molecule has 0 aromatic heterocycles. The summed E-state index contributed by atoms with van der Waals surface area (Å²) in [5.74, 6) is 0. The third-order valence-electron chi connectivity index (χ3n) is 2.14. The average Bonchev–Trinajstić information content (AvgIpc) is 1.81. The van der Waals surface area contributed by atoms with Crippen LogP contribution in [0.5, 0.6) is 0 Å². The maximum Gasteiger partial charge on any atom is 0.201 e. The van der Waals surface area contributed by atoms with E-state index in [1.165, 1.54) is 0 Å². The number of rotatable bonds is 4. The van der Waals surface area contributed by atoms with E-state index in [4.69, 9.17) is 4.43 Å². The third-order valence-corrected chi connectivity index (χ3v) is 7.63. The molecule has 0 amide bonds. The van der Waals surface area contributed by atoms with E-state index >= 15 is 0 Å². The van der Waals surface area contributed by atoms with Gasteiger partial charge in [-0.1, -0.05) is 20.8 Å². The van der Waals surface area contributed by atoms with Gasteiger partial charge in [-0.25, -0.2) is 0 Å². The van der Waals surface area contributed by atoms with Gasteiger partial charge in [0.2, 0.25) is 8.32 Å². The summed E-state index contributed by atoms with van der Waals surface area (Å²) in [6, 6.07) is 0. The summed E-state index contributed by atoms with van der Waals surface area (Å²) in [5.41, 5.74) is 0. The Morgan fingerprint density at radius 1 is 1.36 bits per heavy atom. The van der Waals surface area contributed by atoms with Crippen LogP contribution in [-0.2, 0) is 4.43 Å². The number of thiol groups is 1. The summed E-state index contributed by atoms with van der Waals surface area (Å²) in [4.78, 5) is 0. The molecule has 0 saturated heterocycles. The van der Waals surface area contributed by atoms with Gasteiger partial charge in [0.25, 0.3) is 0 Å². The van der Waals surface area contributed by atoms with E-state index in [0.717, 1.165) is 13.0 Å². The van der Waals surface area contributed by atoms with Crippen molar-refractivity contribution in [3.05, 3.63) is 0 Å². The van der Waals surface area contributed by atoms with Crippen molar-refractivity contribution in [3.63, 3.8) is 0 Å². The standard InChI is InChI=1S/C8H20OSSi/c1-6-7-9-11(4,5)8(2,3)10/h10H,6-7H2,1-5H3. The van der Waals surface area contributed by atoms with Crippen molar-refractivity contribution in [3.8, 4) is 0 Å². The fourth-order valence-electron chi connectivity index (χ4n) is 0.534. The van der Waals surface area contributed by atoms with Crippen molar-refractivity contribution >= 4 is 20.9 Å². The minimum absolute atomic E-state index is 0.0577. The molecule has 0 aliphatic rings. The summed E-state index contributed by atoms with van der Waals surface area (Å²) >= 11 is 4.54. The normalized spacial score (nSPS) is 13.6. The van der Waals surface area contributed by atoms with Crippen LogP contribution in [0.25, 0.3) is 0 Å². The Morgan fingerprint density at radius 3 is 2.09 bits per heavy atom. The summed E-state index contributed by atoms with van der Waals surface area (Å²) in [6.45, 7) is 11.7. The molecular formula is C8H20OSSi. The zero-order valence-electron chi connectivity index (χ0n) is 8.27. The van der Waals surface area contributed by atoms with Crippen LogP contribution in [0, 0.1) is 0 Å². The first-order valence-electron chi connectivity index (χ1n) is 4.17. The van der Waals surface area contributed by atoms with E-state index in [0.29, 0.717) is 0 Å². The molecule has 0 fully saturated rings. The monoisotopic (exact) mass is 192 g/mol.